The molecule has 0 spiro atoms. The van der Waals surface area contributed by atoms with Crippen LogP contribution in [0.25, 0.3) is 0 Å². The van der Waals surface area contributed by atoms with Crippen LogP contribution in [0.15, 0.2) is 30.3 Å². The minimum Gasteiger partial charge on any atom is -0.0708 e. The first kappa shape index (κ1) is 44.1. The quantitative estimate of drug-likeness (QED) is 0.415. The third-order valence-corrected chi connectivity index (χ3v) is 1.61. The molecule has 12 N–H and O–H groups in total. The molecule has 0 aromatic heterocycles. The van der Waals surface area contributed by atoms with Crippen molar-refractivity contribution in [2.45, 2.75) is 0 Å². The predicted molar refractivity (Wildman–Crippen MR) is 69.4 cm³/mol. The van der Waals surface area contributed by atoms with E-state index in [-0.39, 0.29) is 32.9 Å². The van der Waals surface area contributed by atoms with Crippen LogP contribution in [-0.2, 0) is 12.9 Å². The van der Waals surface area contributed by atoms with Gasteiger partial charge in [-0.15, -0.1) is 0 Å². The third-order valence-electron chi connectivity index (χ3n) is 0.940. The van der Waals surface area contributed by atoms with Gasteiger partial charge in [-0.25, -0.2) is 0 Å². The standard InChI is InChI=1S/C6H8Si.2ClH.Co.6H2O/c7-6-4-2-1-3-5-6;;;;;;;;;/h1-5H,7H3;2*1H;;6*1H2/q;;;+2;;;;;;/p-2. The molecule has 107 valence electrons. The number of hydrogen-bond acceptors (Lipinski definition) is 0. The van der Waals surface area contributed by atoms with Crippen LogP contribution >= 0.6 is 20.3 Å². The van der Waals surface area contributed by atoms with Crippen molar-refractivity contribution < 1.29 is 45.7 Å². The molecule has 16 heavy (non-hydrogen) atoms. The number of rotatable bonds is 0. The second kappa shape index (κ2) is 36.2. The van der Waals surface area contributed by atoms with Gasteiger partial charge in [-0.2, -0.15) is 0 Å². The van der Waals surface area contributed by atoms with Gasteiger partial charge in [-0.05, 0) is 0 Å². The van der Waals surface area contributed by atoms with E-state index in [1.165, 1.54) is 15.4 Å². The van der Waals surface area contributed by atoms with Crippen molar-refractivity contribution in [1.29, 1.82) is 0 Å². The van der Waals surface area contributed by atoms with E-state index in [1.54, 1.807) is 0 Å². The summed E-state index contributed by atoms with van der Waals surface area (Å²) in [6.45, 7) is 0. The summed E-state index contributed by atoms with van der Waals surface area (Å²) in [6.07, 6.45) is 0. The summed E-state index contributed by atoms with van der Waals surface area (Å²) < 4.78 is 0. The zero-order valence-electron chi connectivity index (χ0n) is 8.48. The van der Waals surface area contributed by atoms with Crippen molar-refractivity contribution in [2.24, 2.45) is 0 Å². The van der Waals surface area contributed by atoms with Crippen molar-refractivity contribution in [3.05, 3.63) is 30.3 Å². The first-order chi connectivity index (χ1) is 4.81. The van der Waals surface area contributed by atoms with E-state index in [2.05, 4.69) is 24.3 Å². The normalized spacial score (nSPS) is 5.38. The molecule has 0 atom stereocenters. The number of hydrogen-bond donors (Lipinski definition) is 0. The fourth-order valence-corrected chi connectivity index (χ4v) is 0.919. The van der Waals surface area contributed by atoms with E-state index in [4.69, 9.17) is 20.3 Å². The van der Waals surface area contributed by atoms with Crippen LogP contribution in [0.5, 0.6) is 0 Å². The second-order valence-corrected chi connectivity index (χ2v) is 4.58. The molecule has 10 heteroatoms. The predicted octanol–water partition coefficient (Wildman–Crippen LogP) is -3.89. The van der Waals surface area contributed by atoms with Gasteiger partial charge in [0.25, 0.3) is 0 Å². The average molecular weight is 346 g/mol. The van der Waals surface area contributed by atoms with Gasteiger partial charge in [0.05, 0.1) is 0 Å². The molecule has 0 saturated carbocycles. The summed E-state index contributed by atoms with van der Waals surface area (Å²) in [5.41, 5.74) is 0. The minimum absolute atomic E-state index is 0. The SMILES string of the molecule is O.O.O.O.O.O.[Cl][Co][Cl].[SiH3]c1ccccc1. The van der Waals surface area contributed by atoms with Crippen LogP contribution in [0.2, 0.25) is 0 Å². The van der Waals surface area contributed by atoms with Crippen LogP contribution in [0.3, 0.4) is 0 Å². The number of halogens is 2. The van der Waals surface area contributed by atoms with E-state index >= 15 is 0 Å². The van der Waals surface area contributed by atoms with E-state index in [0.29, 0.717) is 12.9 Å². The summed E-state index contributed by atoms with van der Waals surface area (Å²) in [7, 11) is 10.6. The molecule has 0 bridgehead atoms. The van der Waals surface area contributed by atoms with Gasteiger partial charge in [0.1, 0.15) is 0 Å². The van der Waals surface area contributed by atoms with Crippen molar-refractivity contribution >= 4 is 35.7 Å². The molecule has 0 unspecified atom stereocenters. The van der Waals surface area contributed by atoms with Gasteiger partial charge < -0.3 is 32.9 Å². The summed E-state index contributed by atoms with van der Waals surface area (Å²) in [6, 6.07) is 10.5. The Morgan fingerprint density at radius 2 is 1.00 bits per heavy atom. The topological polar surface area (TPSA) is 189 Å². The van der Waals surface area contributed by atoms with Crippen molar-refractivity contribution in [2.75, 3.05) is 0 Å². The van der Waals surface area contributed by atoms with Crippen molar-refractivity contribution in [3.8, 4) is 0 Å². The van der Waals surface area contributed by atoms with Crippen LogP contribution in [0.4, 0.5) is 0 Å². The Balaban J connectivity index is -0.0000000168. The smallest absolute Gasteiger partial charge is 0.0384 e. The Labute approximate surface area is 112 Å². The monoisotopic (exact) mass is 345 g/mol. The molecule has 0 fully saturated rings. The van der Waals surface area contributed by atoms with Gasteiger partial charge in [0.15, 0.2) is 0 Å². The first-order valence-electron chi connectivity index (χ1n) is 2.66. The Morgan fingerprint density at radius 3 is 1.12 bits per heavy atom. The minimum atomic E-state index is 0. The maximum absolute atomic E-state index is 4.73. The molecule has 0 aliphatic carbocycles. The van der Waals surface area contributed by atoms with Crippen LogP contribution in [0.1, 0.15) is 0 Å². The molecule has 0 amide bonds. The summed E-state index contributed by atoms with van der Waals surface area (Å²) in [5.74, 6) is 0. The molecule has 1 aromatic carbocycles. The van der Waals surface area contributed by atoms with E-state index in [0.717, 1.165) is 0 Å². The van der Waals surface area contributed by atoms with E-state index in [1.807, 2.05) is 6.07 Å². The molecule has 1 rings (SSSR count). The molecular weight excluding hydrogens is 326 g/mol. The van der Waals surface area contributed by atoms with Gasteiger partial charge in [-0.3, -0.25) is 0 Å². The molecule has 0 heterocycles. The molecule has 6 nitrogen and oxygen atoms in total. The largest absolute Gasteiger partial charge is 0.0708 e. The van der Waals surface area contributed by atoms with Crippen molar-refractivity contribution in [1.82, 2.24) is 0 Å². The molecular formula is C6H20Cl2CoO6Si. The fourth-order valence-electron chi connectivity index (χ4n) is 0.534. The zero-order chi connectivity index (χ0) is 7.82. The van der Waals surface area contributed by atoms with Gasteiger partial charge in [-0.1, -0.05) is 35.5 Å². The summed E-state index contributed by atoms with van der Waals surface area (Å²) in [5, 5.41) is 1.46. The van der Waals surface area contributed by atoms with Gasteiger partial charge in [0, 0.05) is 10.2 Å². The van der Waals surface area contributed by atoms with Crippen LogP contribution in [0, 0.1) is 0 Å². The zero-order valence-corrected chi connectivity index (χ0v) is 13.0. The van der Waals surface area contributed by atoms with Crippen molar-refractivity contribution in [3.63, 3.8) is 0 Å². The average Bonchev–Trinajstić information content (AvgIpc) is 1.91. The first-order valence-corrected chi connectivity index (χ1v) is 6.53. The van der Waals surface area contributed by atoms with Gasteiger partial charge in [0.2, 0.25) is 0 Å². The second-order valence-electron chi connectivity index (χ2n) is 1.70. The molecule has 1 aromatic rings. The molecule has 0 saturated heterocycles. The maximum atomic E-state index is 4.73. The maximum Gasteiger partial charge on any atom is 0.0384 e. The number of benzene rings is 1. The summed E-state index contributed by atoms with van der Waals surface area (Å²) in [4.78, 5) is 0. The molecule has 0 aliphatic heterocycles. The third kappa shape index (κ3) is 36.7. The molecule has 0 radical (unpaired) electrons. The molecule has 0 aliphatic rings. The van der Waals surface area contributed by atoms with E-state index in [9.17, 15) is 0 Å². The van der Waals surface area contributed by atoms with Crippen LogP contribution < -0.4 is 5.19 Å². The van der Waals surface area contributed by atoms with Crippen LogP contribution in [-0.4, -0.2) is 43.1 Å². The Morgan fingerprint density at radius 1 is 0.750 bits per heavy atom. The van der Waals surface area contributed by atoms with Gasteiger partial charge >= 0.3 is 33.2 Å². The summed E-state index contributed by atoms with van der Waals surface area (Å²) >= 11 is 0.382. The Kier molecular flexibility index (Phi) is 99.8. The Bertz CT molecular complexity index is 172. The fraction of sp³-hybridized carbons (Fsp3) is 0. The Hall–Kier alpha value is 0.283. The van der Waals surface area contributed by atoms with E-state index < -0.39 is 0 Å².